The molecule has 4 bridgehead atoms. The molecule has 4 fully saturated rings. The summed E-state index contributed by atoms with van der Waals surface area (Å²) < 4.78 is 1.94. The van der Waals surface area contributed by atoms with Crippen molar-refractivity contribution in [2.24, 2.45) is 23.2 Å². The maximum absolute atomic E-state index is 13.2. The Bertz CT molecular complexity index is 875. The molecule has 4 aliphatic carbocycles. The number of Topliss-reactive ketones (excluding diaryl/α,β-unsaturated/α-hetero) is 1. The molecule has 0 aliphatic heterocycles. The summed E-state index contributed by atoms with van der Waals surface area (Å²) in [5.74, 6) is 2.67. The topological polar surface area (TPSA) is 50.1 Å². The number of benzene rings is 1. The highest BCUT2D eigenvalue weighted by atomic mass is 79.9. The van der Waals surface area contributed by atoms with Crippen molar-refractivity contribution < 1.29 is 31.1 Å². The summed E-state index contributed by atoms with van der Waals surface area (Å²) in [6.07, 6.45) is 11.1. The van der Waals surface area contributed by atoms with E-state index in [9.17, 15) is 9.59 Å². The minimum atomic E-state index is -0.0894. The normalized spacial score (nSPS) is 28.6. The molecule has 1 N–H and O–H groups in total. The first-order chi connectivity index (χ1) is 14.1. The zero-order valence-corrected chi connectivity index (χ0v) is 18.8. The van der Waals surface area contributed by atoms with Gasteiger partial charge in [-0.1, -0.05) is 30.3 Å². The highest BCUT2D eigenvalue weighted by Crippen LogP contribution is 2.60. The van der Waals surface area contributed by atoms with Gasteiger partial charge in [0.05, 0.1) is 5.56 Å². The van der Waals surface area contributed by atoms with Crippen LogP contribution in [0.5, 0.6) is 0 Å². The number of aromatic nitrogens is 1. The Labute approximate surface area is 188 Å². The minimum Gasteiger partial charge on any atom is -1.00 e. The highest BCUT2D eigenvalue weighted by molar-refractivity contribution is 5.93. The Morgan fingerprint density at radius 3 is 2.03 bits per heavy atom. The molecule has 4 saturated carbocycles. The molecule has 1 aromatic carbocycles. The monoisotopic (exact) mass is 468 g/mol. The summed E-state index contributed by atoms with van der Waals surface area (Å²) >= 11 is 0. The zero-order chi connectivity index (χ0) is 19.8. The third kappa shape index (κ3) is 4.22. The molecule has 0 spiro atoms. The average molecular weight is 469 g/mol. The van der Waals surface area contributed by atoms with E-state index in [-0.39, 0.29) is 28.3 Å². The van der Waals surface area contributed by atoms with Crippen molar-refractivity contribution in [2.75, 3.05) is 0 Å². The molecule has 6 rings (SSSR count). The Morgan fingerprint density at radius 2 is 1.47 bits per heavy atom. The largest absolute Gasteiger partial charge is 1.00 e. The second-order valence-corrected chi connectivity index (χ2v) is 9.55. The summed E-state index contributed by atoms with van der Waals surface area (Å²) in [5.41, 5.74) is 1.64. The lowest BCUT2D eigenvalue weighted by molar-refractivity contribution is -0.685. The Morgan fingerprint density at radius 1 is 0.900 bits per heavy atom. The van der Waals surface area contributed by atoms with Crippen LogP contribution in [0, 0.1) is 23.2 Å². The number of rotatable bonds is 6. The van der Waals surface area contributed by atoms with Crippen molar-refractivity contribution in [2.45, 2.75) is 51.6 Å². The van der Waals surface area contributed by atoms with Gasteiger partial charge in [-0.2, -0.15) is 4.57 Å². The number of nitrogens with zero attached hydrogens (tertiary/aromatic N) is 1. The summed E-state index contributed by atoms with van der Waals surface area (Å²) in [6, 6.07) is 13.5. The van der Waals surface area contributed by atoms with E-state index in [4.69, 9.17) is 0 Å². The van der Waals surface area contributed by atoms with Gasteiger partial charge >= 0.3 is 0 Å². The number of hydrogen-bond donors (Lipinski definition) is 1. The molecular formula is C25H29BrN2O2. The van der Waals surface area contributed by atoms with Crippen LogP contribution in [0.15, 0.2) is 54.9 Å². The quantitative estimate of drug-likeness (QED) is 0.634. The van der Waals surface area contributed by atoms with Crippen LogP contribution in [0.2, 0.25) is 0 Å². The molecule has 0 radical (unpaired) electrons. The predicted molar refractivity (Wildman–Crippen MR) is 110 cm³/mol. The number of pyridine rings is 1. The van der Waals surface area contributed by atoms with Crippen LogP contribution in [0.1, 0.15) is 54.4 Å². The number of carbonyl (C=O) groups is 2. The van der Waals surface area contributed by atoms with Crippen molar-refractivity contribution in [3.8, 4) is 0 Å². The van der Waals surface area contributed by atoms with Gasteiger partial charge in [0.2, 0.25) is 12.3 Å². The van der Waals surface area contributed by atoms with Crippen molar-refractivity contribution in [3.05, 3.63) is 66.0 Å². The molecule has 0 saturated heterocycles. The Balaban J connectivity index is 0.00000218. The second-order valence-electron chi connectivity index (χ2n) is 9.55. The number of nitrogens with one attached hydrogen (secondary N) is 1. The molecule has 1 aromatic heterocycles. The second kappa shape index (κ2) is 8.62. The fourth-order valence-electron chi connectivity index (χ4n) is 6.38. The van der Waals surface area contributed by atoms with E-state index in [2.05, 4.69) is 5.32 Å². The van der Waals surface area contributed by atoms with E-state index in [0.29, 0.717) is 24.4 Å². The van der Waals surface area contributed by atoms with Gasteiger partial charge in [0.25, 0.3) is 5.91 Å². The first-order valence-corrected chi connectivity index (χ1v) is 10.9. The lowest BCUT2D eigenvalue weighted by Gasteiger charge is -2.55. The van der Waals surface area contributed by atoms with Gasteiger partial charge in [-0.3, -0.25) is 9.59 Å². The molecule has 4 aliphatic rings. The summed E-state index contributed by atoms with van der Waals surface area (Å²) in [6.45, 7) is 0.942. The maximum atomic E-state index is 13.2. The van der Waals surface area contributed by atoms with Gasteiger partial charge < -0.3 is 22.3 Å². The van der Waals surface area contributed by atoms with Crippen molar-refractivity contribution in [1.82, 2.24) is 5.32 Å². The summed E-state index contributed by atoms with van der Waals surface area (Å²) in [4.78, 5) is 25.6. The molecule has 1 amide bonds. The zero-order valence-electron chi connectivity index (χ0n) is 17.2. The van der Waals surface area contributed by atoms with Gasteiger partial charge in [-0.25, -0.2) is 0 Å². The Kier molecular flexibility index (Phi) is 6.10. The van der Waals surface area contributed by atoms with E-state index in [1.807, 2.05) is 59.4 Å². The standard InChI is InChI=1S/C25H28N2O2.BrH/c28-23(25-13-19-10-20(14-25)12-21(11-19)15-25)17-27-8-6-22(7-9-27)24(29)26-16-18-4-2-1-3-5-18;/h1-9,19-21H,10-17H2;1H. The number of halogens is 1. The van der Waals surface area contributed by atoms with Crippen LogP contribution < -0.4 is 26.9 Å². The number of hydrogen-bond acceptors (Lipinski definition) is 2. The Hall–Kier alpha value is -2.01. The fraction of sp³-hybridized carbons (Fsp3) is 0.480. The highest BCUT2D eigenvalue weighted by Gasteiger charge is 2.54. The van der Waals surface area contributed by atoms with Crippen LogP contribution in [-0.4, -0.2) is 11.7 Å². The molecule has 4 nitrogen and oxygen atoms in total. The SMILES string of the molecule is O=C(NCc1ccccc1)c1cc[n+](CC(=O)C23CC4CC(CC(C4)C2)C3)cc1.[Br-]. The van der Waals surface area contributed by atoms with E-state index < -0.39 is 0 Å². The van der Waals surface area contributed by atoms with Gasteiger partial charge in [0.1, 0.15) is 0 Å². The maximum Gasteiger partial charge on any atom is 0.252 e. The van der Waals surface area contributed by atoms with Crippen molar-refractivity contribution in [3.63, 3.8) is 0 Å². The van der Waals surface area contributed by atoms with Gasteiger partial charge in [0.15, 0.2) is 12.4 Å². The van der Waals surface area contributed by atoms with Crippen LogP contribution in [-0.2, 0) is 17.9 Å². The van der Waals surface area contributed by atoms with Crippen LogP contribution in [0.3, 0.4) is 0 Å². The van der Waals surface area contributed by atoms with E-state index in [1.165, 1.54) is 19.3 Å². The molecule has 30 heavy (non-hydrogen) atoms. The van der Waals surface area contributed by atoms with Gasteiger partial charge in [-0.05, 0) is 61.8 Å². The first kappa shape index (κ1) is 21.2. The molecule has 0 atom stereocenters. The third-order valence-electron chi connectivity index (χ3n) is 7.41. The predicted octanol–water partition coefficient (Wildman–Crippen LogP) is 0.694. The molecule has 2 aromatic rings. The molecular weight excluding hydrogens is 440 g/mol. The number of carbonyl (C=O) groups excluding carboxylic acids is 2. The van der Waals surface area contributed by atoms with Gasteiger partial charge in [-0.15, -0.1) is 0 Å². The number of ketones is 1. The summed E-state index contributed by atoms with van der Waals surface area (Å²) in [7, 11) is 0. The van der Waals surface area contributed by atoms with E-state index >= 15 is 0 Å². The van der Waals surface area contributed by atoms with E-state index in [1.54, 1.807) is 0 Å². The van der Waals surface area contributed by atoms with Crippen molar-refractivity contribution in [1.29, 1.82) is 0 Å². The lowest BCUT2D eigenvalue weighted by Crippen LogP contribution is -3.00. The minimum absolute atomic E-state index is 0. The van der Waals surface area contributed by atoms with E-state index in [0.717, 1.165) is 42.6 Å². The van der Waals surface area contributed by atoms with Crippen LogP contribution >= 0.6 is 0 Å². The first-order valence-electron chi connectivity index (χ1n) is 10.9. The van der Waals surface area contributed by atoms with Crippen LogP contribution in [0.25, 0.3) is 0 Å². The fourth-order valence-corrected chi connectivity index (χ4v) is 6.38. The summed E-state index contributed by atoms with van der Waals surface area (Å²) in [5, 5.41) is 2.95. The van der Waals surface area contributed by atoms with Crippen LogP contribution in [0.4, 0.5) is 0 Å². The number of amides is 1. The third-order valence-corrected chi connectivity index (χ3v) is 7.41. The smallest absolute Gasteiger partial charge is 0.252 e. The van der Waals surface area contributed by atoms with Crippen molar-refractivity contribution >= 4 is 11.7 Å². The average Bonchev–Trinajstić information content (AvgIpc) is 2.72. The molecule has 1 heterocycles. The lowest BCUT2D eigenvalue weighted by atomic mass is 9.48. The molecule has 158 valence electrons. The molecule has 5 heteroatoms. The molecule has 0 unspecified atom stereocenters. The van der Waals surface area contributed by atoms with Gasteiger partial charge in [0, 0.05) is 24.1 Å².